The molecule has 1 N–H and O–H groups in total. The van der Waals surface area contributed by atoms with Crippen LogP contribution in [-0.4, -0.2) is 127 Å². The first-order valence-corrected chi connectivity index (χ1v) is 28.8. The Morgan fingerprint density at radius 2 is 0.881 bits per heavy atom. The summed E-state index contributed by atoms with van der Waals surface area (Å²) < 4.78 is 0. The smallest absolute Gasteiger partial charge is 0.334 e. The van der Waals surface area contributed by atoms with Crippen molar-refractivity contribution in [3.05, 3.63) is 0 Å². The van der Waals surface area contributed by atoms with Crippen molar-refractivity contribution < 1.29 is 62.5 Å². The second kappa shape index (κ2) is 30.2. The average molecular weight is 977 g/mol. The van der Waals surface area contributed by atoms with Crippen LogP contribution in [-0.2, 0) is 62.5 Å². The fraction of sp³-hybridized carbons (Fsp3) is 0.706. The fourth-order valence-electron chi connectivity index (χ4n) is 4.83. The van der Waals surface area contributed by atoms with Crippen LogP contribution in [0, 0.1) is 5.92 Å². The summed E-state index contributed by atoms with van der Waals surface area (Å²) in [4.78, 5) is 129. The molecule has 0 aromatic heterocycles. The largest absolute Gasteiger partial charge is 0.356 e. The van der Waals surface area contributed by atoms with Crippen molar-refractivity contribution in [3.8, 4) is 0 Å². The summed E-state index contributed by atoms with van der Waals surface area (Å²) in [5.41, 5.74) is 0. The summed E-state index contributed by atoms with van der Waals surface area (Å²) >= 11 is 0. The van der Waals surface area contributed by atoms with E-state index in [1.807, 2.05) is 43.2 Å². The zero-order valence-corrected chi connectivity index (χ0v) is 38.8. The molecule has 0 saturated carbocycles. The number of hydrogen-bond acceptors (Lipinski definition) is 21. The number of carbonyl (C=O) groups is 10. The van der Waals surface area contributed by atoms with Gasteiger partial charge in [0.15, 0.2) is 0 Å². The van der Waals surface area contributed by atoms with Gasteiger partial charge in [-0.2, -0.15) is 0 Å². The molecule has 17 nitrogen and oxygen atoms in total. The van der Waals surface area contributed by atoms with Gasteiger partial charge in [-0.3, -0.25) is 33.6 Å². The minimum absolute atomic E-state index is 0.00401. The van der Waals surface area contributed by atoms with E-state index in [0.717, 1.165) is 18.9 Å². The molecule has 5 saturated heterocycles. The van der Waals surface area contributed by atoms with Gasteiger partial charge in [0.05, 0.1) is 19.3 Å². The Bertz CT molecular complexity index is 1380. The van der Waals surface area contributed by atoms with Gasteiger partial charge < -0.3 is 19.8 Å². The highest BCUT2D eigenvalue weighted by atomic mass is 33.1. The van der Waals surface area contributed by atoms with Crippen LogP contribution in [0.4, 0.5) is 0 Å². The van der Waals surface area contributed by atoms with Crippen LogP contribution >= 0.6 is 86.4 Å². The topological polar surface area (TPSA) is 220 Å². The molecular formula is C34H48N4O13S8. The Morgan fingerprint density at radius 1 is 0.525 bits per heavy atom. The molecule has 330 valence electrons. The lowest BCUT2D eigenvalue weighted by atomic mass is 10.1. The fourth-order valence-corrected chi connectivity index (χ4v) is 14.1. The van der Waals surface area contributed by atoms with Gasteiger partial charge in [0.1, 0.15) is 0 Å². The van der Waals surface area contributed by atoms with E-state index in [9.17, 15) is 47.9 Å². The molecule has 5 fully saturated rings. The number of rotatable bonds is 22. The van der Waals surface area contributed by atoms with E-state index < -0.39 is 53.4 Å². The van der Waals surface area contributed by atoms with Gasteiger partial charge in [-0.15, -0.1) is 15.2 Å². The first-order valence-electron chi connectivity index (χ1n) is 18.9. The molecule has 7 amide bonds. The SMILES string of the molecule is C1CSSC1.O=C(CCSSCCC(=O)ON1C(=O)CCC1=O)NCCCCC1CSSC1.O=C(CCSSCCC(=O)ON1C(=O)CCC1=O)ON1C(=O)CCC1=O. The third-order valence-electron chi connectivity index (χ3n) is 7.94. The normalized spacial score (nSPS) is 17.9. The van der Waals surface area contributed by atoms with E-state index in [2.05, 4.69) is 5.32 Å². The second-order valence-electron chi connectivity index (χ2n) is 12.7. The summed E-state index contributed by atoms with van der Waals surface area (Å²) in [6, 6.07) is 0. The standard InChI is InChI=1S/C17H26N2O5S4.C14H16N2O8S2.C3H6S2/c20-14(18-8-2-1-3-13-11-27-28-12-13)6-9-25-26-10-7-17(23)24-19-15(21)4-5-16(19)22;17-9-1-2-10(18)15(9)23-13(21)5-7-25-26-8-6-14(22)24-16-11(19)3-4-12(16)20;1-2-4-5-3-1/h13H,1-12H2,(H,18,20);1-8H2;1-3H2. The van der Waals surface area contributed by atoms with Crippen LogP contribution in [0.3, 0.4) is 0 Å². The van der Waals surface area contributed by atoms with Crippen molar-refractivity contribution in [3.63, 3.8) is 0 Å². The van der Waals surface area contributed by atoms with Crippen molar-refractivity contribution in [2.75, 3.05) is 52.6 Å². The maximum atomic E-state index is 11.8. The van der Waals surface area contributed by atoms with Crippen LogP contribution < -0.4 is 5.32 Å². The molecule has 0 aromatic rings. The highest BCUT2D eigenvalue weighted by Gasteiger charge is 2.34. The highest BCUT2D eigenvalue weighted by molar-refractivity contribution is 8.77. The molecule has 25 heteroatoms. The van der Waals surface area contributed by atoms with Crippen LogP contribution in [0.15, 0.2) is 0 Å². The molecule has 59 heavy (non-hydrogen) atoms. The Morgan fingerprint density at radius 3 is 1.22 bits per heavy atom. The van der Waals surface area contributed by atoms with Gasteiger partial charge in [-0.05, 0) is 25.2 Å². The van der Waals surface area contributed by atoms with Crippen molar-refractivity contribution in [1.82, 2.24) is 20.5 Å². The van der Waals surface area contributed by atoms with Crippen LogP contribution in [0.25, 0.3) is 0 Å². The molecule has 0 spiro atoms. The summed E-state index contributed by atoms with van der Waals surface area (Å²) in [5, 5.41) is 4.51. The average Bonchev–Trinajstić information content (AvgIpc) is 4.09. The third-order valence-corrected chi connectivity index (χ3v) is 18.0. The Kier molecular flexibility index (Phi) is 26.3. The number of nitrogens with one attached hydrogen (secondary N) is 1. The first-order chi connectivity index (χ1) is 28.4. The van der Waals surface area contributed by atoms with Gasteiger partial charge in [0, 0.05) is 97.5 Å². The molecule has 5 rings (SSSR count). The highest BCUT2D eigenvalue weighted by Crippen LogP contribution is 2.36. The van der Waals surface area contributed by atoms with Crippen molar-refractivity contribution in [1.29, 1.82) is 0 Å². The van der Waals surface area contributed by atoms with Crippen LogP contribution in [0.5, 0.6) is 0 Å². The number of amides is 7. The van der Waals surface area contributed by atoms with E-state index in [4.69, 9.17) is 14.5 Å². The van der Waals surface area contributed by atoms with Crippen LogP contribution in [0.2, 0.25) is 0 Å². The minimum atomic E-state index is -0.688. The van der Waals surface area contributed by atoms with Crippen molar-refractivity contribution in [2.45, 2.75) is 89.9 Å². The summed E-state index contributed by atoms with van der Waals surface area (Å²) in [6.45, 7) is 0.740. The van der Waals surface area contributed by atoms with Gasteiger partial charge in [0.2, 0.25) is 5.91 Å². The molecule has 0 bridgehead atoms. The zero-order valence-electron chi connectivity index (χ0n) is 32.3. The number of hydroxylamine groups is 6. The molecule has 0 unspecified atom stereocenters. The number of nitrogens with zero attached hydrogens (tertiary/aromatic N) is 3. The Labute approximate surface area is 374 Å². The molecule has 0 aromatic carbocycles. The second-order valence-corrected chi connectivity index (χ2v) is 23.4. The maximum Gasteiger partial charge on any atom is 0.334 e. The molecule has 5 aliphatic rings. The van der Waals surface area contributed by atoms with Crippen molar-refractivity contribution >= 4 is 146 Å². The first kappa shape index (κ1) is 51.5. The quantitative estimate of drug-likeness (QED) is 0.0838. The number of imide groups is 3. The lowest BCUT2D eigenvalue weighted by molar-refractivity contribution is -0.197. The molecule has 5 heterocycles. The monoisotopic (exact) mass is 976 g/mol. The van der Waals surface area contributed by atoms with E-state index in [1.165, 1.54) is 85.4 Å². The van der Waals surface area contributed by atoms with Crippen molar-refractivity contribution in [2.24, 2.45) is 5.92 Å². The minimum Gasteiger partial charge on any atom is -0.356 e. The summed E-state index contributed by atoms with van der Waals surface area (Å²) in [6.07, 6.45) is 5.80. The predicted octanol–water partition coefficient (Wildman–Crippen LogP) is 5.19. The predicted molar refractivity (Wildman–Crippen MR) is 235 cm³/mol. The molecule has 0 radical (unpaired) electrons. The number of carbonyl (C=O) groups excluding carboxylic acids is 10. The van der Waals surface area contributed by atoms with E-state index in [0.29, 0.717) is 44.6 Å². The van der Waals surface area contributed by atoms with Gasteiger partial charge in [-0.1, -0.05) is 92.8 Å². The molecule has 5 aliphatic heterocycles. The van der Waals surface area contributed by atoms with Gasteiger partial charge in [0.25, 0.3) is 35.4 Å². The molecule has 0 atom stereocenters. The lowest BCUT2D eigenvalue weighted by Crippen LogP contribution is -2.32. The summed E-state index contributed by atoms with van der Waals surface area (Å²) in [5.74, 6) is 3.05. The molecule has 0 aliphatic carbocycles. The molecular weight excluding hydrogens is 929 g/mol. The van der Waals surface area contributed by atoms with E-state index in [-0.39, 0.29) is 63.7 Å². The summed E-state index contributed by atoms with van der Waals surface area (Å²) in [7, 11) is 13.5. The number of unbranched alkanes of at least 4 members (excludes halogenated alkanes) is 1. The van der Waals surface area contributed by atoms with E-state index >= 15 is 0 Å². The Balaban J connectivity index is 0.000000282. The van der Waals surface area contributed by atoms with Crippen LogP contribution in [0.1, 0.15) is 89.9 Å². The zero-order chi connectivity index (χ0) is 42.8. The van der Waals surface area contributed by atoms with E-state index in [1.54, 1.807) is 0 Å². The maximum absolute atomic E-state index is 11.8. The van der Waals surface area contributed by atoms with Gasteiger partial charge in [-0.25, -0.2) is 14.4 Å². The number of hydrogen-bond donors (Lipinski definition) is 1. The third kappa shape index (κ3) is 21.6. The lowest BCUT2D eigenvalue weighted by Gasteiger charge is -2.12. The van der Waals surface area contributed by atoms with Gasteiger partial charge >= 0.3 is 17.9 Å². The Hall–Kier alpha value is -1.90.